The van der Waals surface area contributed by atoms with Crippen molar-refractivity contribution in [2.24, 2.45) is 0 Å². The summed E-state index contributed by atoms with van der Waals surface area (Å²) in [6.45, 7) is 3.78. The number of carboxylic acids is 1. The van der Waals surface area contributed by atoms with E-state index in [-0.39, 0.29) is 6.42 Å². The first kappa shape index (κ1) is 12.3. The molecule has 0 saturated carbocycles. The van der Waals surface area contributed by atoms with Gasteiger partial charge in [0.15, 0.2) is 0 Å². The highest BCUT2D eigenvalue weighted by Crippen LogP contribution is 2.15. The molecule has 1 radical (unpaired) electrons. The van der Waals surface area contributed by atoms with Gasteiger partial charge in [0, 0.05) is 6.42 Å². The number of esters is 1. The van der Waals surface area contributed by atoms with Crippen molar-refractivity contribution in [3.63, 3.8) is 0 Å². The second-order valence-corrected chi connectivity index (χ2v) is 3.34. The smallest absolute Gasteiger partial charge is 0.355 e. The maximum atomic E-state index is 11.4. The molecule has 1 aromatic heterocycles. The van der Waals surface area contributed by atoms with E-state index in [2.05, 4.69) is 11.2 Å². The van der Waals surface area contributed by atoms with Crippen LogP contribution in [0, 0.1) is 13.1 Å². The van der Waals surface area contributed by atoms with E-state index in [9.17, 15) is 9.59 Å². The summed E-state index contributed by atoms with van der Waals surface area (Å²) in [4.78, 5) is 24.5. The number of aromatic amines is 1. The van der Waals surface area contributed by atoms with Gasteiger partial charge in [-0.2, -0.15) is 0 Å². The number of rotatable bonds is 5. The molecule has 0 unspecified atom stereocenters. The van der Waals surface area contributed by atoms with Gasteiger partial charge >= 0.3 is 11.9 Å². The largest absolute Gasteiger partial charge is 0.481 e. The molecule has 0 atom stereocenters. The third-order valence-electron chi connectivity index (χ3n) is 2.23. The van der Waals surface area contributed by atoms with Gasteiger partial charge < -0.3 is 14.8 Å². The number of hydrogen-bond acceptors (Lipinski definition) is 3. The number of aromatic nitrogens is 1. The van der Waals surface area contributed by atoms with E-state index in [4.69, 9.17) is 9.84 Å². The van der Waals surface area contributed by atoms with Crippen LogP contribution in [0.5, 0.6) is 0 Å². The minimum Gasteiger partial charge on any atom is -0.481 e. The van der Waals surface area contributed by atoms with Crippen molar-refractivity contribution < 1.29 is 19.4 Å². The Labute approximate surface area is 93.4 Å². The average molecular weight is 224 g/mol. The lowest BCUT2D eigenvalue weighted by atomic mass is 10.1. The van der Waals surface area contributed by atoms with Crippen LogP contribution in [0.4, 0.5) is 0 Å². The van der Waals surface area contributed by atoms with E-state index in [1.807, 2.05) is 0 Å². The zero-order valence-electron chi connectivity index (χ0n) is 9.29. The summed E-state index contributed by atoms with van der Waals surface area (Å²) in [7, 11) is 0. The van der Waals surface area contributed by atoms with Gasteiger partial charge in [-0.3, -0.25) is 4.79 Å². The third kappa shape index (κ3) is 2.85. The highest BCUT2D eigenvalue weighted by Gasteiger charge is 2.15. The number of carbonyl (C=O) groups excluding carboxylic acids is 1. The Hall–Kier alpha value is -1.78. The van der Waals surface area contributed by atoms with Crippen molar-refractivity contribution >= 4 is 11.9 Å². The standard InChI is InChI=1S/C11H14NO4/c1-3-16-11(15)10-7(2)8(6-12-10)4-5-9(13)14/h12H,3-5H2,1-2H3,(H,13,14). The normalized spacial score (nSPS) is 10.1. The van der Waals surface area contributed by atoms with Gasteiger partial charge in [-0.05, 0) is 31.4 Å². The van der Waals surface area contributed by atoms with E-state index >= 15 is 0 Å². The first-order valence-electron chi connectivity index (χ1n) is 5.04. The number of aliphatic carboxylic acids is 1. The number of hydrogen-bond donors (Lipinski definition) is 2. The quantitative estimate of drug-likeness (QED) is 0.739. The minimum absolute atomic E-state index is 0.0253. The Balaban J connectivity index is 2.75. The number of aryl methyl sites for hydroxylation is 1. The molecule has 0 amide bonds. The Morgan fingerprint density at radius 3 is 2.75 bits per heavy atom. The second kappa shape index (κ2) is 5.34. The molecule has 87 valence electrons. The van der Waals surface area contributed by atoms with Gasteiger partial charge in [-0.1, -0.05) is 0 Å². The van der Waals surface area contributed by atoms with Crippen LogP contribution >= 0.6 is 0 Å². The predicted octanol–water partition coefficient (Wildman–Crippen LogP) is 1.32. The number of ether oxygens (including phenoxy) is 1. The maximum Gasteiger partial charge on any atom is 0.355 e. The summed E-state index contributed by atoms with van der Waals surface area (Å²) >= 11 is 0. The fourth-order valence-corrected chi connectivity index (χ4v) is 1.37. The maximum absolute atomic E-state index is 11.4. The van der Waals surface area contributed by atoms with Crippen molar-refractivity contribution in [1.82, 2.24) is 4.98 Å². The fraction of sp³-hybridized carbons (Fsp3) is 0.455. The minimum atomic E-state index is -0.869. The fourth-order valence-electron chi connectivity index (χ4n) is 1.37. The Kier molecular flexibility index (Phi) is 4.10. The Bertz CT molecular complexity index is 395. The van der Waals surface area contributed by atoms with Crippen LogP contribution in [-0.2, 0) is 16.0 Å². The Morgan fingerprint density at radius 1 is 1.50 bits per heavy atom. The van der Waals surface area contributed by atoms with Crippen LogP contribution in [0.3, 0.4) is 0 Å². The van der Waals surface area contributed by atoms with E-state index in [0.717, 1.165) is 0 Å². The molecule has 0 saturated heterocycles. The first-order chi connectivity index (χ1) is 7.56. The molecule has 1 aromatic rings. The van der Waals surface area contributed by atoms with Gasteiger partial charge in [0.25, 0.3) is 0 Å². The zero-order chi connectivity index (χ0) is 12.1. The molecule has 0 aliphatic rings. The van der Waals surface area contributed by atoms with E-state index in [1.54, 1.807) is 13.8 Å². The lowest BCUT2D eigenvalue weighted by Gasteiger charge is -2.01. The van der Waals surface area contributed by atoms with Gasteiger partial charge in [0.05, 0.1) is 12.8 Å². The summed E-state index contributed by atoms with van der Waals surface area (Å²) in [6.07, 6.45) is 3.16. The summed E-state index contributed by atoms with van der Waals surface area (Å²) in [6, 6.07) is 0. The molecule has 0 aliphatic heterocycles. The molecule has 0 fully saturated rings. The molecule has 0 aromatic carbocycles. The molecule has 0 bridgehead atoms. The molecule has 2 N–H and O–H groups in total. The highest BCUT2D eigenvalue weighted by atomic mass is 16.5. The summed E-state index contributed by atoms with van der Waals surface area (Å²) in [5.74, 6) is -1.30. The van der Waals surface area contributed by atoms with E-state index in [0.29, 0.717) is 29.8 Å². The van der Waals surface area contributed by atoms with Gasteiger partial charge in [0.2, 0.25) is 0 Å². The summed E-state index contributed by atoms with van der Waals surface area (Å²) in [5.41, 5.74) is 1.77. The van der Waals surface area contributed by atoms with Crippen molar-refractivity contribution in [3.8, 4) is 0 Å². The third-order valence-corrected chi connectivity index (χ3v) is 2.23. The molecule has 16 heavy (non-hydrogen) atoms. The Morgan fingerprint density at radius 2 is 2.19 bits per heavy atom. The molecular weight excluding hydrogens is 210 g/mol. The van der Waals surface area contributed by atoms with E-state index < -0.39 is 11.9 Å². The molecular formula is C11H14NO4. The lowest BCUT2D eigenvalue weighted by Crippen LogP contribution is -2.06. The zero-order valence-corrected chi connectivity index (χ0v) is 9.29. The number of nitrogens with one attached hydrogen (secondary N) is 1. The van der Waals surface area contributed by atoms with Crippen molar-refractivity contribution in [1.29, 1.82) is 0 Å². The average Bonchev–Trinajstić information content (AvgIpc) is 2.57. The number of carboxylic acid groups (broad SMARTS) is 1. The van der Waals surface area contributed by atoms with Crippen LogP contribution in [0.1, 0.15) is 35.0 Å². The van der Waals surface area contributed by atoms with Crippen LogP contribution in [0.2, 0.25) is 0 Å². The van der Waals surface area contributed by atoms with Crippen molar-refractivity contribution in [2.45, 2.75) is 26.7 Å². The molecule has 1 rings (SSSR count). The lowest BCUT2D eigenvalue weighted by molar-refractivity contribution is -0.136. The summed E-state index contributed by atoms with van der Waals surface area (Å²) in [5, 5.41) is 8.55. The topological polar surface area (TPSA) is 79.4 Å². The predicted molar refractivity (Wildman–Crippen MR) is 56.3 cm³/mol. The SMILES string of the molecule is CCOC(=O)c1[nH][c]c(CCC(=O)O)c1C. The van der Waals surface area contributed by atoms with Crippen LogP contribution in [0.15, 0.2) is 0 Å². The number of H-pyrrole nitrogens is 1. The monoisotopic (exact) mass is 224 g/mol. The molecule has 5 nitrogen and oxygen atoms in total. The highest BCUT2D eigenvalue weighted by molar-refractivity contribution is 5.89. The van der Waals surface area contributed by atoms with Crippen molar-refractivity contribution in [3.05, 3.63) is 23.0 Å². The van der Waals surface area contributed by atoms with Gasteiger partial charge in [0.1, 0.15) is 5.69 Å². The molecule has 0 spiro atoms. The van der Waals surface area contributed by atoms with Crippen molar-refractivity contribution in [2.75, 3.05) is 6.61 Å². The molecule has 1 heterocycles. The van der Waals surface area contributed by atoms with Gasteiger partial charge in [-0.15, -0.1) is 0 Å². The van der Waals surface area contributed by atoms with Crippen LogP contribution in [-0.4, -0.2) is 28.6 Å². The first-order valence-corrected chi connectivity index (χ1v) is 5.04. The van der Waals surface area contributed by atoms with Crippen LogP contribution in [0.25, 0.3) is 0 Å². The number of carbonyl (C=O) groups is 2. The molecule has 5 heteroatoms. The van der Waals surface area contributed by atoms with Crippen LogP contribution < -0.4 is 0 Å². The van der Waals surface area contributed by atoms with E-state index in [1.165, 1.54) is 0 Å². The molecule has 0 aliphatic carbocycles. The van der Waals surface area contributed by atoms with Gasteiger partial charge in [-0.25, -0.2) is 4.79 Å². The summed E-state index contributed by atoms with van der Waals surface area (Å²) < 4.78 is 4.84. The second-order valence-electron chi connectivity index (χ2n) is 3.34.